The van der Waals surface area contributed by atoms with Crippen LogP contribution in [0, 0.1) is 0 Å². The molecule has 38 valence electrons. The van der Waals surface area contributed by atoms with E-state index in [9.17, 15) is 0 Å². The maximum atomic E-state index is 3.91. The van der Waals surface area contributed by atoms with Crippen molar-refractivity contribution in [1.29, 1.82) is 0 Å². The molecule has 0 atom stereocenters. The minimum Gasteiger partial charge on any atom is -0.254 e. The molecule has 1 rings (SSSR count). The summed E-state index contributed by atoms with van der Waals surface area (Å²) in [6, 6.07) is 0. The number of hydrogen-bond acceptors (Lipinski definition) is 3. The maximum absolute atomic E-state index is 3.91. The Labute approximate surface area is 46.7 Å². The van der Waals surface area contributed by atoms with Crippen molar-refractivity contribution < 1.29 is 0 Å². The molecule has 0 aliphatic heterocycles. The highest BCUT2D eigenvalue weighted by atomic mass is 32.1. The summed E-state index contributed by atoms with van der Waals surface area (Å²) >= 11 is 3.91. The van der Waals surface area contributed by atoms with Gasteiger partial charge in [0, 0.05) is 7.05 Å². The molecule has 7 heavy (non-hydrogen) atoms. The second-order valence-electron chi connectivity index (χ2n) is 1.25. The Bertz CT molecular complexity index is 142. The third kappa shape index (κ3) is 0.928. The molecule has 0 radical (unpaired) electrons. The average Bonchev–Trinajstić information content (AvgIpc) is 1.87. The molecule has 4 heteroatoms. The Kier molecular flexibility index (Phi) is 1.02. The second-order valence-corrected chi connectivity index (χ2v) is 1.71. The lowest BCUT2D eigenvalue weighted by Crippen LogP contribution is -1.85. The van der Waals surface area contributed by atoms with Crippen LogP contribution in [0.1, 0.15) is 0 Å². The standard InChI is InChI=1S/C3H5N3S/c1-6-2-3(7)4-5-6/h2,7H,1H3. The normalized spacial score (nSPS) is 9.43. The highest BCUT2D eigenvalue weighted by Crippen LogP contribution is 1.93. The van der Waals surface area contributed by atoms with Crippen LogP contribution < -0.4 is 0 Å². The van der Waals surface area contributed by atoms with Crippen molar-refractivity contribution >= 4 is 12.6 Å². The molecular weight excluding hydrogens is 110 g/mol. The van der Waals surface area contributed by atoms with Crippen LogP contribution in [0.3, 0.4) is 0 Å². The Balaban J connectivity index is 3.04. The maximum Gasteiger partial charge on any atom is 0.135 e. The first-order valence-corrected chi connectivity index (χ1v) is 2.29. The van der Waals surface area contributed by atoms with Gasteiger partial charge < -0.3 is 0 Å². The lowest BCUT2D eigenvalue weighted by atomic mass is 10.9. The van der Waals surface area contributed by atoms with Gasteiger partial charge in [-0.15, -0.1) is 17.7 Å². The largest absolute Gasteiger partial charge is 0.254 e. The molecule has 0 unspecified atom stereocenters. The molecule has 1 aromatic heterocycles. The van der Waals surface area contributed by atoms with E-state index in [0.717, 1.165) is 0 Å². The van der Waals surface area contributed by atoms with Gasteiger partial charge in [-0.1, -0.05) is 5.21 Å². The van der Waals surface area contributed by atoms with Gasteiger partial charge in [-0.25, -0.2) is 0 Å². The molecule has 1 aromatic rings. The first kappa shape index (κ1) is 4.64. The van der Waals surface area contributed by atoms with Gasteiger partial charge in [0.1, 0.15) is 5.03 Å². The Morgan fingerprint density at radius 3 is 2.71 bits per heavy atom. The number of aryl methyl sites for hydroxylation is 1. The monoisotopic (exact) mass is 115 g/mol. The molecule has 0 saturated carbocycles. The van der Waals surface area contributed by atoms with E-state index >= 15 is 0 Å². The highest BCUT2D eigenvalue weighted by Gasteiger charge is 1.84. The number of thiol groups is 1. The van der Waals surface area contributed by atoms with Crippen molar-refractivity contribution in [2.45, 2.75) is 5.03 Å². The minimum absolute atomic E-state index is 0.655. The lowest BCUT2D eigenvalue weighted by Gasteiger charge is -1.74. The smallest absolute Gasteiger partial charge is 0.135 e. The van der Waals surface area contributed by atoms with Crippen LogP contribution in [-0.2, 0) is 7.05 Å². The van der Waals surface area contributed by atoms with Crippen LogP contribution in [-0.4, -0.2) is 15.0 Å². The minimum atomic E-state index is 0.655. The van der Waals surface area contributed by atoms with E-state index in [0.29, 0.717) is 5.03 Å². The van der Waals surface area contributed by atoms with Gasteiger partial charge in [0.15, 0.2) is 0 Å². The molecule has 0 aliphatic rings. The first-order valence-electron chi connectivity index (χ1n) is 1.84. The van der Waals surface area contributed by atoms with Crippen molar-refractivity contribution in [2.24, 2.45) is 7.05 Å². The highest BCUT2D eigenvalue weighted by molar-refractivity contribution is 7.80. The van der Waals surface area contributed by atoms with E-state index in [1.807, 2.05) is 0 Å². The third-order valence-corrected chi connectivity index (χ3v) is 0.795. The summed E-state index contributed by atoms with van der Waals surface area (Å²) in [5.74, 6) is 0. The van der Waals surface area contributed by atoms with E-state index in [2.05, 4.69) is 22.9 Å². The second kappa shape index (κ2) is 1.54. The van der Waals surface area contributed by atoms with Gasteiger partial charge in [-0.05, 0) is 0 Å². The molecule has 3 nitrogen and oxygen atoms in total. The summed E-state index contributed by atoms with van der Waals surface area (Å²) < 4.78 is 1.60. The molecule has 0 aromatic carbocycles. The van der Waals surface area contributed by atoms with Crippen LogP contribution in [0.25, 0.3) is 0 Å². The number of aromatic nitrogens is 3. The van der Waals surface area contributed by atoms with Crippen LogP contribution in [0.15, 0.2) is 11.2 Å². The first-order chi connectivity index (χ1) is 3.29. The summed E-state index contributed by atoms with van der Waals surface area (Å²) in [6.45, 7) is 0. The summed E-state index contributed by atoms with van der Waals surface area (Å²) in [4.78, 5) is 0. The molecular formula is C3H5N3S. The molecule has 0 fully saturated rings. The van der Waals surface area contributed by atoms with Crippen molar-refractivity contribution in [1.82, 2.24) is 15.0 Å². The van der Waals surface area contributed by atoms with E-state index in [1.165, 1.54) is 0 Å². The zero-order chi connectivity index (χ0) is 5.28. The fourth-order valence-corrected chi connectivity index (χ4v) is 0.542. The van der Waals surface area contributed by atoms with E-state index in [4.69, 9.17) is 0 Å². The predicted molar refractivity (Wildman–Crippen MR) is 28.3 cm³/mol. The number of rotatable bonds is 0. The molecule has 0 amide bonds. The Morgan fingerprint density at radius 2 is 2.57 bits per heavy atom. The Hall–Kier alpha value is -0.510. The van der Waals surface area contributed by atoms with Gasteiger partial charge in [-0.3, -0.25) is 4.68 Å². The quantitative estimate of drug-likeness (QED) is 0.486. The fourth-order valence-electron chi connectivity index (χ4n) is 0.335. The van der Waals surface area contributed by atoms with E-state index < -0.39 is 0 Å². The Morgan fingerprint density at radius 1 is 1.86 bits per heavy atom. The zero-order valence-corrected chi connectivity index (χ0v) is 4.76. The lowest BCUT2D eigenvalue weighted by molar-refractivity contribution is 0.713. The number of nitrogens with zero attached hydrogens (tertiary/aromatic N) is 3. The molecule has 0 saturated heterocycles. The predicted octanol–water partition coefficient (Wildman–Crippen LogP) is 0.104. The summed E-state index contributed by atoms with van der Waals surface area (Å²) in [6.07, 6.45) is 1.73. The van der Waals surface area contributed by atoms with Crippen molar-refractivity contribution in [2.75, 3.05) is 0 Å². The third-order valence-electron chi connectivity index (χ3n) is 0.591. The van der Waals surface area contributed by atoms with Crippen LogP contribution in [0.5, 0.6) is 0 Å². The molecule has 0 spiro atoms. The zero-order valence-electron chi connectivity index (χ0n) is 3.87. The molecule has 0 aliphatic carbocycles. The molecule has 1 heterocycles. The van der Waals surface area contributed by atoms with E-state index in [1.54, 1.807) is 17.9 Å². The fraction of sp³-hybridized carbons (Fsp3) is 0.333. The van der Waals surface area contributed by atoms with Gasteiger partial charge in [0.2, 0.25) is 0 Å². The van der Waals surface area contributed by atoms with Gasteiger partial charge in [-0.2, -0.15) is 0 Å². The van der Waals surface area contributed by atoms with Crippen LogP contribution in [0.4, 0.5) is 0 Å². The van der Waals surface area contributed by atoms with Crippen molar-refractivity contribution in [3.05, 3.63) is 6.20 Å². The average molecular weight is 115 g/mol. The summed E-state index contributed by atoms with van der Waals surface area (Å²) in [5.41, 5.74) is 0. The number of hydrogen-bond donors (Lipinski definition) is 1. The summed E-state index contributed by atoms with van der Waals surface area (Å²) in [5, 5.41) is 7.85. The van der Waals surface area contributed by atoms with Gasteiger partial charge in [0.25, 0.3) is 0 Å². The van der Waals surface area contributed by atoms with E-state index in [-0.39, 0.29) is 0 Å². The molecule has 0 bridgehead atoms. The van der Waals surface area contributed by atoms with Crippen molar-refractivity contribution in [3.63, 3.8) is 0 Å². The van der Waals surface area contributed by atoms with Crippen LogP contribution in [0.2, 0.25) is 0 Å². The summed E-state index contributed by atoms with van der Waals surface area (Å²) in [7, 11) is 1.80. The molecule has 0 N–H and O–H groups in total. The van der Waals surface area contributed by atoms with Gasteiger partial charge in [0.05, 0.1) is 6.20 Å². The van der Waals surface area contributed by atoms with Crippen molar-refractivity contribution in [3.8, 4) is 0 Å². The van der Waals surface area contributed by atoms with Gasteiger partial charge >= 0.3 is 0 Å². The SMILES string of the molecule is Cn1cc(S)nn1. The topological polar surface area (TPSA) is 30.7 Å². The van der Waals surface area contributed by atoms with Crippen LogP contribution >= 0.6 is 12.6 Å².